The Labute approximate surface area is 133 Å². The molecule has 0 unspecified atom stereocenters. The van der Waals surface area contributed by atoms with Gasteiger partial charge < -0.3 is 10.5 Å². The zero-order valence-electron chi connectivity index (χ0n) is 12.5. The molecule has 0 aliphatic heterocycles. The number of aryl methyl sites for hydroxylation is 1. The Kier molecular flexibility index (Phi) is 5.48. The van der Waals surface area contributed by atoms with Crippen LogP contribution < -0.4 is 15.9 Å². The molecule has 6 nitrogen and oxygen atoms in total. The number of carbonyl (C=O) groups excluding carboxylic acids is 1. The number of thiazole rings is 1. The van der Waals surface area contributed by atoms with Crippen LogP contribution in [0.5, 0.6) is 5.75 Å². The van der Waals surface area contributed by atoms with Crippen molar-refractivity contribution < 1.29 is 9.53 Å². The van der Waals surface area contributed by atoms with E-state index in [1.54, 1.807) is 6.21 Å². The second-order valence-electron chi connectivity index (χ2n) is 4.39. The van der Waals surface area contributed by atoms with Crippen molar-refractivity contribution in [2.45, 2.75) is 20.3 Å². The first-order valence-electron chi connectivity index (χ1n) is 6.95. The molecule has 0 saturated heterocycles. The zero-order valence-corrected chi connectivity index (χ0v) is 13.3. The SMILES string of the molecule is CCOc1cccc(/C=N\NC(=O)c2sc(N)nc2CC)c1. The third-order valence-corrected chi connectivity index (χ3v) is 3.73. The second-order valence-corrected chi connectivity index (χ2v) is 5.42. The highest BCUT2D eigenvalue weighted by molar-refractivity contribution is 7.17. The molecule has 1 heterocycles. The maximum absolute atomic E-state index is 12.1. The Morgan fingerprint density at radius 1 is 1.50 bits per heavy atom. The first-order valence-corrected chi connectivity index (χ1v) is 7.77. The summed E-state index contributed by atoms with van der Waals surface area (Å²) in [6.45, 7) is 4.45. The topological polar surface area (TPSA) is 89.6 Å². The van der Waals surface area contributed by atoms with Gasteiger partial charge in [0.25, 0.3) is 5.91 Å². The van der Waals surface area contributed by atoms with Crippen LogP contribution in [0, 0.1) is 0 Å². The standard InChI is InChI=1S/C15H18N4O2S/c1-3-12-13(22-15(16)18-12)14(20)19-17-9-10-6-5-7-11(8-10)21-4-2/h5-9H,3-4H2,1-2H3,(H2,16,18)(H,19,20)/b17-9-. The summed E-state index contributed by atoms with van der Waals surface area (Å²) in [5.41, 5.74) is 9.65. The molecule has 0 saturated carbocycles. The van der Waals surface area contributed by atoms with Crippen molar-refractivity contribution in [1.82, 2.24) is 10.4 Å². The fourth-order valence-electron chi connectivity index (χ4n) is 1.85. The third kappa shape index (κ3) is 4.05. The first-order chi connectivity index (χ1) is 10.6. The Hall–Kier alpha value is -2.41. The second kappa shape index (κ2) is 7.56. The highest BCUT2D eigenvalue weighted by atomic mass is 32.1. The summed E-state index contributed by atoms with van der Waals surface area (Å²) in [7, 11) is 0. The van der Waals surface area contributed by atoms with E-state index in [1.807, 2.05) is 38.1 Å². The highest BCUT2D eigenvalue weighted by Gasteiger charge is 2.15. The molecular formula is C15H18N4O2S. The minimum Gasteiger partial charge on any atom is -0.494 e. The summed E-state index contributed by atoms with van der Waals surface area (Å²) >= 11 is 1.16. The molecule has 22 heavy (non-hydrogen) atoms. The summed E-state index contributed by atoms with van der Waals surface area (Å²) in [6.07, 6.45) is 2.22. The van der Waals surface area contributed by atoms with Gasteiger partial charge in [0, 0.05) is 0 Å². The summed E-state index contributed by atoms with van der Waals surface area (Å²) in [5, 5.41) is 4.35. The monoisotopic (exact) mass is 318 g/mol. The van der Waals surface area contributed by atoms with Gasteiger partial charge in [0.2, 0.25) is 0 Å². The lowest BCUT2D eigenvalue weighted by Crippen LogP contribution is -2.17. The Morgan fingerprint density at radius 3 is 3.05 bits per heavy atom. The number of aromatic nitrogens is 1. The lowest BCUT2D eigenvalue weighted by Gasteiger charge is -2.03. The van der Waals surface area contributed by atoms with Crippen LogP contribution in [0.15, 0.2) is 29.4 Å². The lowest BCUT2D eigenvalue weighted by molar-refractivity contribution is 0.0958. The Bertz CT molecular complexity index is 682. The van der Waals surface area contributed by atoms with E-state index >= 15 is 0 Å². The summed E-state index contributed by atoms with van der Waals surface area (Å²) in [5.74, 6) is 0.463. The number of nitrogens with one attached hydrogen (secondary N) is 1. The van der Waals surface area contributed by atoms with Gasteiger partial charge in [-0.2, -0.15) is 5.10 Å². The summed E-state index contributed by atoms with van der Waals surface area (Å²) < 4.78 is 5.41. The van der Waals surface area contributed by atoms with E-state index in [2.05, 4.69) is 15.5 Å². The number of anilines is 1. The van der Waals surface area contributed by atoms with E-state index in [1.165, 1.54) is 0 Å². The Morgan fingerprint density at radius 2 is 2.32 bits per heavy atom. The van der Waals surface area contributed by atoms with Crippen LogP contribution in [0.3, 0.4) is 0 Å². The average Bonchev–Trinajstić information content (AvgIpc) is 2.89. The van der Waals surface area contributed by atoms with Crippen molar-refractivity contribution in [3.63, 3.8) is 0 Å². The number of nitrogen functional groups attached to an aromatic ring is 1. The molecule has 0 aliphatic carbocycles. The number of hydrazone groups is 1. The number of hydrogen-bond acceptors (Lipinski definition) is 6. The minimum atomic E-state index is -0.303. The van der Waals surface area contributed by atoms with Gasteiger partial charge in [-0.1, -0.05) is 30.4 Å². The first kappa shape index (κ1) is 16.0. The molecule has 2 aromatic rings. The molecule has 116 valence electrons. The van der Waals surface area contributed by atoms with Crippen LogP contribution in [-0.2, 0) is 6.42 Å². The van der Waals surface area contributed by atoms with Crippen molar-refractivity contribution in [2.24, 2.45) is 5.10 Å². The molecule has 1 aromatic heterocycles. The Balaban J connectivity index is 2.02. The minimum absolute atomic E-state index is 0.303. The normalized spacial score (nSPS) is 10.8. The lowest BCUT2D eigenvalue weighted by atomic mass is 10.2. The molecule has 7 heteroatoms. The summed E-state index contributed by atoms with van der Waals surface area (Å²) in [6, 6.07) is 7.46. The van der Waals surface area contributed by atoms with Gasteiger partial charge in [-0.3, -0.25) is 4.79 Å². The van der Waals surface area contributed by atoms with E-state index < -0.39 is 0 Å². The van der Waals surface area contributed by atoms with Gasteiger partial charge in [0.1, 0.15) is 10.6 Å². The molecule has 0 radical (unpaired) electrons. The molecule has 0 atom stereocenters. The predicted molar refractivity (Wildman–Crippen MR) is 88.6 cm³/mol. The van der Waals surface area contributed by atoms with Gasteiger partial charge >= 0.3 is 0 Å². The fourth-order valence-corrected chi connectivity index (χ4v) is 2.67. The van der Waals surface area contributed by atoms with Crippen LogP contribution in [0.25, 0.3) is 0 Å². The largest absolute Gasteiger partial charge is 0.494 e. The van der Waals surface area contributed by atoms with Gasteiger partial charge in [-0.15, -0.1) is 0 Å². The van der Waals surface area contributed by atoms with Gasteiger partial charge in [0.05, 0.1) is 18.5 Å². The van der Waals surface area contributed by atoms with Crippen molar-refractivity contribution >= 4 is 28.6 Å². The molecular weight excluding hydrogens is 300 g/mol. The number of carbonyl (C=O) groups is 1. The van der Waals surface area contributed by atoms with E-state index in [4.69, 9.17) is 10.5 Å². The molecule has 1 amide bonds. The number of benzene rings is 1. The maximum Gasteiger partial charge on any atom is 0.283 e. The molecule has 3 N–H and O–H groups in total. The number of rotatable bonds is 6. The molecule has 0 spiro atoms. The number of amides is 1. The number of nitrogens with two attached hydrogens (primary N) is 1. The van der Waals surface area contributed by atoms with Gasteiger partial charge in [-0.25, -0.2) is 10.4 Å². The van der Waals surface area contributed by atoms with Crippen molar-refractivity contribution in [3.05, 3.63) is 40.4 Å². The van der Waals surface area contributed by atoms with Crippen LogP contribution in [0.4, 0.5) is 5.13 Å². The molecule has 1 aromatic carbocycles. The predicted octanol–water partition coefficient (Wildman–Crippen LogP) is 2.45. The van der Waals surface area contributed by atoms with Crippen molar-refractivity contribution in [3.8, 4) is 5.75 Å². The number of nitrogens with zero attached hydrogens (tertiary/aromatic N) is 2. The van der Waals surface area contributed by atoms with E-state index in [0.29, 0.717) is 28.7 Å². The van der Waals surface area contributed by atoms with Gasteiger partial charge in [-0.05, 0) is 31.0 Å². The van der Waals surface area contributed by atoms with E-state index in [9.17, 15) is 4.79 Å². The average molecular weight is 318 g/mol. The zero-order chi connectivity index (χ0) is 15.9. The van der Waals surface area contributed by atoms with Crippen LogP contribution >= 0.6 is 11.3 Å². The molecule has 2 rings (SSSR count). The smallest absolute Gasteiger partial charge is 0.283 e. The molecule has 0 bridgehead atoms. The highest BCUT2D eigenvalue weighted by Crippen LogP contribution is 2.20. The van der Waals surface area contributed by atoms with E-state index in [-0.39, 0.29) is 5.91 Å². The number of ether oxygens (including phenoxy) is 1. The van der Waals surface area contributed by atoms with Gasteiger partial charge in [0.15, 0.2) is 5.13 Å². The van der Waals surface area contributed by atoms with Crippen molar-refractivity contribution in [2.75, 3.05) is 12.3 Å². The van der Waals surface area contributed by atoms with Crippen LogP contribution in [-0.4, -0.2) is 23.7 Å². The molecule has 0 aliphatic rings. The van der Waals surface area contributed by atoms with Crippen LogP contribution in [0.2, 0.25) is 0 Å². The van der Waals surface area contributed by atoms with Crippen LogP contribution in [0.1, 0.15) is 34.8 Å². The maximum atomic E-state index is 12.1. The van der Waals surface area contributed by atoms with E-state index in [0.717, 1.165) is 22.6 Å². The third-order valence-electron chi connectivity index (χ3n) is 2.80. The summed E-state index contributed by atoms with van der Waals surface area (Å²) in [4.78, 5) is 16.7. The molecule has 0 fully saturated rings. The van der Waals surface area contributed by atoms with Crippen molar-refractivity contribution in [1.29, 1.82) is 0 Å². The fraction of sp³-hybridized carbons (Fsp3) is 0.267. The number of hydrogen-bond donors (Lipinski definition) is 2. The quantitative estimate of drug-likeness (QED) is 0.632.